The van der Waals surface area contributed by atoms with Gasteiger partial charge in [0.05, 0.1) is 12.1 Å². The molecule has 0 saturated heterocycles. The number of nitrogens with one attached hydrogen (secondary N) is 1. The summed E-state index contributed by atoms with van der Waals surface area (Å²) < 4.78 is 14.9. The lowest BCUT2D eigenvalue weighted by Crippen LogP contribution is -2.47. The fourth-order valence-electron chi connectivity index (χ4n) is 2.66. The molecule has 0 fully saturated rings. The highest BCUT2D eigenvalue weighted by atomic mass is 35.5. The molecule has 0 radical (unpaired) electrons. The lowest BCUT2D eigenvalue weighted by molar-refractivity contribution is -0.147. The predicted molar refractivity (Wildman–Crippen MR) is 105 cm³/mol. The van der Waals surface area contributed by atoms with Crippen LogP contribution in [0.5, 0.6) is 0 Å². The third kappa shape index (κ3) is 5.35. The molecule has 8 nitrogen and oxygen atoms in total. The molecular formula is C20H23ClN2O6. The van der Waals surface area contributed by atoms with Crippen molar-refractivity contribution in [3.8, 4) is 11.3 Å². The summed E-state index contributed by atoms with van der Waals surface area (Å²) >= 11 is 6.17. The number of aryl methyl sites for hydroxylation is 1. The van der Waals surface area contributed by atoms with Gasteiger partial charge in [0.2, 0.25) is 0 Å². The van der Waals surface area contributed by atoms with Gasteiger partial charge in [-0.2, -0.15) is 0 Å². The summed E-state index contributed by atoms with van der Waals surface area (Å²) in [6.45, 7) is 4.68. The molecule has 1 aromatic carbocycles. The van der Waals surface area contributed by atoms with Crippen molar-refractivity contribution in [3.63, 3.8) is 0 Å². The zero-order valence-corrected chi connectivity index (χ0v) is 17.4. The summed E-state index contributed by atoms with van der Waals surface area (Å²) in [5.41, 5.74) is 0.813. The number of hydrogen-bond donors (Lipinski definition) is 1. The van der Waals surface area contributed by atoms with E-state index in [1.165, 1.54) is 7.11 Å². The van der Waals surface area contributed by atoms with Gasteiger partial charge in [0, 0.05) is 5.56 Å². The molecule has 0 saturated carbocycles. The van der Waals surface area contributed by atoms with Gasteiger partial charge < -0.3 is 19.3 Å². The molecule has 0 unspecified atom stereocenters. The SMILES string of the molecule is CC[C@@H](C)[C@H](NC(=O)COC(=O)c1c(-c2ccccc2Cl)noc1C)C(=O)OC. The summed E-state index contributed by atoms with van der Waals surface area (Å²) in [4.78, 5) is 36.6. The first-order chi connectivity index (χ1) is 13.8. The Morgan fingerprint density at radius 1 is 1.28 bits per heavy atom. The normalized spacial score (nSPS) is 12.7. The first kappa shape index (κ1) is 22.4. The van der Waals surface area contributed by atoms with Gasteiger partial charge in [-0.05, 0) is 18.9 Å². The van der Waals surface area contributed by atoms with Crippen LogP contribution in [0.2, 0.25) is 5.02 Å². The van der Waals surface area contributed by atoms with Crippen LogP contribution < -0.4 is 5.32 Å². The predicted octanol–water partition coefficient (Wildman–Crippen LogP) is 3.16. The second-order valence-corrected chi connectivity index (χ2v) is 6.88. The van der Waals surface area contributed by atoms with Gasteiger partial charge in [0.15, 0.2) is 6.61 Å². The number of ether oxygens (including phenoxy) is 2. The number of carbonyl (C=O) groups excluding carboxylic acids is 3. The van der Waals surface area contributed by atoms with Crippen LogP contribution >= 0.6 is 11.6 Å². The van der Waals surface area contributed by atoms with Crippen molar-refractivity contribution in [1.82, 2.24) is 10.5 Å². The maximum absolute atomic E-state index is 12.6. The molecule has 2 atom stereocenters. The van der Waals surface area contributed by atoms with Crippen LogP contribution in [0.4, 0.5) is 0 Å². The van der Waals surface area contributed by atoms with Gasteiger partial charge in [0.1, 0.15) is 23.1 Å². The molecule has 1 amide bonds. The second-order valence-electron chi connectivity index (χ2n) is 6.47. The Bertz CT molecular complexity index is 895. The number of methoxy groups -OCH3 is 1. The molecule has 1 heterocycles. The highest BCUT2D eigenvalue weighted by Crippen LogP contribution is 2.31. The zero-order chi connectivity index (χ0) is 21.6. The summed E-state index contributed by atoms with van der Waals surface area (Å²) in [6.07, 6.45) is 0.654. The summed E-state index contributed by atoms with van der Waals surface area (Å²) in [5.74, 6) is -1.88. The molecule has 0 bridgehead atoms. The van der Waals surface area contributed by atoms with Gasteiger partial charge in [-0.15, -0.1) is 0 Å². The Balaban J connectivity index is 2.10. The van der Waals surface area contributed by atoms with Crippen molar-refractivity contribution < 1.29 is 28.4 Å². The van der Waals surface area contributed by atoms with Crippen molar-refractivity contribution in [2.45, 2.75) is 33.2 Å². The molecule has 0 aliphatic rings. The molecule has 1 aromatic heterocycles. The van der Waals surface area contributed by atoms with Crippen LogP contribution in [0.15, 0.2) is 28.8 Å². The molecule has 2 aromatic rings. The molecule has 2 rings (SSSR count). The van der Waals surface area contributed by atoms with E-state index in [0.717, 1.165) is 0 Å². The third-order valence-electron chi connectivity index (χ3n) is 4.51. The van der Waals surface area contributed by atoms with Crippen LogP contribution in [0, 0.1) is 12.8 Å². The molecule has 156 valence electrons. The molecule has 0 spiro atoms. The van der Waals surface area contributed by atoms with Crippen molar-refractivity contribution in [1.29, 1.82) is 0 Å². The van der Waals surface area contributed by atoms with E-state index in [1.54, 1.807) is 31.2 Å². The Morgan fingerprint density at radius 3 is 2.59 bits per heavy atom. The van der Waals surface area contributed by atoms with E-state index in [-0.39, 0.29) is 22.9 Å². The van der Waals surface area contributed by atoms with Gasteiger partial charge in [-0.1, -0.05) is 55.2 Å². The van der Waals surface area contributed by atoms with Gasteiger partial charge in [-0.3, -0.25) is 4.79 Å². The van der Waals surface area contributed by atoms with E-state index in [1.807, 2.05) is 13.8 Å². The van der Waals surface area contributed by atoms with Crippen molar-refractivity contribution in [2.75, 3.05) is 13.7 Å². The van der Waals surface area contributed by atoms with E-state index in [0.29, 0.717) is 17.0 Å². The standard InChI is InChI=1S/C20H23ClN2O6/c1-5-11(2)17(20(26)27-4)22-15(24)10-28-19(25)16-12(3)29-23-18(16)13-8-6-7-9-14(13)21/h6-9,11,17H,5,10H2,1-4H3,(H,22,24)/t11-,17+/m1/s1. The summed E-state index contributed by atoms with van der Waals surface area (Å²) in [6, 6.07) is 6.01. The third-order valence-corrected chi connectivity index (χ3v) is 4.84. The fraction of sp³-hybridized carbons (Fsp3) is 0.400. The number of halogens is 1. The fourth-order valence-corrected chi connectivity index (χ4v) is 2.89. The Kier molecular flexibility index (Phi) is 7.78. The van der Waals surface area contributed by atoms with E-state index in [9.17, 15) is 14.4 Å². The van der Waals surface area contributed by atoms with E-state index in [2.05, 4.69) is 10.5 Å². The summed E-state index contributed by atoms with van der Waals surface area (Å²) in [7, 11) is 1.24. The number of rotatable bonds is 8. The molecule has 0 aliphatic carbocycles. The van der Waals surface area contributed by atoms with Crippen molar-refractivity contribution in [3.05, 3.63) is 40.6 Å². The van der Waals surface area contributed by atoms with Crippen LogP contribution in [0.25, 0.3) is 11.3 Å². The lowest BCUT2D eigenvalue weighted by Gasteiger charge is -2.21. The smallest absolute Gasteiger partial charge is 0.344 e. The first-order valence-electron chi connectivity index (χ1n) is 9.05. The Labute approximate surface area is 173 Å². The maximum atomic E-state index is 12.6. The molecule has 29 heavy (non-hydrogen) atoms. The van der Waals surface area contributed by atoms with E-state index >= 15 is 0 Å². The topological polar surface area (TPSA) is 108 Å². The number of carbonyl (C=O) groups is 3. The zero-order valence-electron chi connectivity index (χ0n) is 16.7. The number of benzene rings is 1. The average molecular weight is 423 g/mol. The first-order valence-corrected chi connectivity index (χ1v) is 9.43. The van der Waals surface area contributed by atoms with Crippen molar-refractivity contribution in [2.24, 2.45) is 5.92 Å². The largest absolute Gasteiger partial charge is 0.467 e. The van der Waals surface area contributed by atoms with E-state index < -0.39 is 30.5 Å². The van der Waals surface area contributed by atoms with Crippen LogP contribution in [-0.2, 0) is 19.1 Å². The Hall–Kier alpha value is -2.87. The monoisotopic (exact) mass is 422 g/mol. The number of nitrogens with zero attached hydrogens (tertiary/aromatic N) is 1. The van der Waals surface area contributed by atoms with Crippen LogP contribution in [0.1, 0.15) is 36.4 Å². The Morgan fingerprint density at radius 2 is 1.97 bits per heavy atom. The quantitative estimate of drug-likeness (QED) is 0.651. The summed E-state index contributed by atoms with van der Waals surface area (Å²) in [5, 5.41) is 6.82. The minimum absolute atomic E-state index is 0.0809. The highest BCUT2D eigenvalue weighted by Gasteiger charge is 2.28. The number of amides is 1. The number of hydrogen-bond acceptors (Lipinski definition) is 7. The average Bonchev–Trinajstić information content (AvgIpc) is 3.10. The second kappa shape index (κ2) is 10.1. The molecule has 9 heteroatoms. The lowest BCUT2D eigenvalue weighted by atomic mass is 9.99. The van der Waals surface area contributed by atoms with Crippen LogP contribution in [0.3, 0.4) is 0 Å². The van der Waals surface area contributed by atoms with E-state index in [4.69, 9.17) is 25.6 Å². The van der Waals surface area contributed by atoms with Crippen LogP contribution in [-0.4, -0.2) is 42.8 Å². The van der Waals surface area contributed by atoms with Gasteiger partial charge in [-0.25, -0.2) is 9.59 Å². The highest BCUT2D eigenvalue weighted by molar-refractivity contribution is 6.33. The maximum Gasteiger partial charge on any atom is 0.344 e. The minimum Gasteiger partial charge on any atom is -0.467 e. The van der Waals surface area contributed by atoms with Crippen molar-refractivity contribution >= 4 is 29.4 Å². The minimum atomic E-state index is -0.827. The molecular weight excluding hydrogens is 400 g/mol. The molecule has 0 aliphatic heterocycles. The van der Waals surface area contributed by atoms with Gasteiger partial charge >= 0.3 is 11.9 Å². The molecule has 1 N–H and O–H groups in total. The number of aromatic nitrogens is 1. The van der Waals surface area contributed by atoms with Gasteiger partial charge in [0.25, 0.3) is 5.91 Å². The number of esters is 2.